The second-order valence-electron chi connectivity index (χ2n) is 21.4. The van der Waals surface area contributed by atoms with Crippen LogP contribution in [0, 0.1) is 0 Å². The maximum Gasteiger partial charge on any atom is 0.249 e. The van der Waals surface area contributed by atoms with Crippen LogP contribution in [-0.2, 0) is 4.79 Å². The number of amides is 1. The maximum atomic E-state index is 12.6. The summed E-state index contributed by atoms with van der Waals surface area (Å²) in [7, 11) is 0. The largest absolute Gasteiger partial charge is 0.394 e. The number of rotatable bonds is 57. The van der Waals surface area contributed by atoms with E-state index in [2.05, 4.69) is 43.5 Å². The number of aliphatic hydroxyl groups excluding tert-OH is 4. The Bertz CT molecular complexity index is 1030. The standard InChI is InChI=1S/C62H121NO5/c1-3-5-7-9-11-13-15-17-19-21-23-25-27-28-29-30-31-32-33-34-36-37-39-41-43-45-47-49-51-53-55-59(65)61(67)58(57-64)63-62(68)60(66)56-54-52-50-48-46-44-42-40-38-35-26-24-22-20-18-16-14-12-10-8-6-4-2/h38,40,47,49,58-61,64-67H,3-37,39,41-46,48,50-57H2,1-2H3,(H,63,68)/b40-38-,49-47+. The summed E-state index contributed by atoms with van der Waals surface area (Å²) < 4.78 is 0. The van der Waals surface area contributed by atoms with Gasteiger partial charge in [-0.2, -0.15) is 0 Å². The molecule has 1 amide bonds. The van der Waals surface area contributed by atoms with Gasteiger partial charge in [0.25, 0.3) is 0 Å². The molecule has 0 aliphatic heterocycles. The summed E-state index contributed by atoms with van der Waals surface area (Å²) in [5.41, 5.74) is 0. The van der Waals surface area contributed by atoms with E-state index in [1.165, 1.54) is 263 Å². The van der Waals surface area contributed by atoms with Crippen molar-refractivity contribution in [2.24, 2.45) is 0 Å². The Morgan fingerprint density at radius 2 is 0.603 bits per heavy atom. The molecule has 0 radical (unpaired) electrons. The van der Waals surface area contributed by atoms with Crippen molar-refractivity contribution in [3.63, 3.8) is 0 Å². The summed E-state index contributed by atoms with van der Waals surface area (Å²) in [5.74, 6) is -0.593. The zero-order valence-electron chi connectivity index (χ0n) is 45.9. The Labute approximate surface area is 425 Å². The van der Waals surface area contributed by atoms with Crippen LogP contribution in [0.3, 0.4) is 0 Å². The van der Waals surface area contributed by atoms with Gasteiger partial charge in [-0.25, -0.2) is 0 Å². The third-order valence-corrected chi connectivity index (χ3v) is 14.6. The third-order valence-electron chi connectivity index (χ3n) is 14.6. The highest BCUT2D eigenvalue weighted by Gasteiger charge is 2.28. The molecule has 0 aromatic heterocycles. The molecule has 0 saturated heterocycles. The monoisotopic (exact) mass is 960 g/mol. The van der Waals surface area contributed by atoms with E-state index in [4.69, 9.17) is 0 Å². The number of hydrogen-bond donors (Lipinski definition) is 5. The Morgan fingerprint density at radius 1 is 0.353 bits per heavy atom. The van der Waals surface area contributed by atoms with E-state index in [-0.39, 0.29) is 0 Å². The van der Waals surface area contributed by atoms with Gasteiger partial charge in [-0.3, -0.25) is 4.79 Å². The van der Waals surface area contributed by atoms with Crippen LogP contribution in [0.2, 0.25) is 0 Å². The first-order valence-electron chi connectivity index (χ1n) is 30.7. The van der Waals surface area contributed by atoms with Gasteiger partial charge in [0, 0.05) is 0 Å². The van der Waals surface area contributed by atoms with Crippen molar-refractivity contribution in [3.05, 3.63) is 24.3 Å². The Kier molecular flexibility index (Phi) is 55.7. The topological polar surface area (TPSA) is 110 Å². The normalized spacial score (nSPS) is 13.8. The lowest BCUT2D eigenvalue weighted by Crippen LogP contribution is -2.53. The molecule has 4 atom stereocenters. The molecule has 0 saturated carbocycles. The van der Waals surface area contributed by atoms with Gasteiger partial charge in [-0.05, 0) is 64.2 Å². The molecule has 68 heavy (non-hydrogen) atoms. The van der Waals surface area contributed by atoms with Gasteiger partial charge in [0.15, 0.2) is 0 Å². The molecule has 4 unspecified atom stereocenters. The molecule has 0 spiro atoms. The molecule has 5 N–H and O–H groups in total. The van der Waals surface area contributed by atoms with Gasteiger partial charge >= 0.3 is 0 Å². The van der Waals surface area contributed by atoms with E-state index in [0.29, 0.717) is 12.8 Å². The molecule has 0 heterocycles. The van der Waals surface area contributed by atoms with Crippen LogP contribution in [0.25, 0.3) is 0 Å². The average Bonchev–Trinajstić information content (AvgIpc) is 3.34. The average molecular weight is 961 g/mol. The fourth-order valence-electron chi connectivity index (χ4n) is 9.82. The van der Waals surface area contributed by atoms with Gasteiger partial charge in [-0.1, -0.05) is 295 Å². The third kappa shape index (κ3) is 49.8. The van der Waals surface area contributed by atoms with Crippen LogP contribution in [0.5, 0.6) is 0 Å². The second kappa shape index (κ2) is 56.7. The minimum atomic E-state index is -1.28. The Balaban J connectivity index is 3.61. The number of carbonyl (C=O) groups excluding carboxylic acids is 1. The molecule has 6 heteroatoms. The van der Waals surface area contributed by atoms with Crippen LogP contribution in [-0.4, -0.2) is 57.3 Å². The summed E-state index contributed by atoms with van der Waals surface area (Å²) >= 11 is 0. The van der Waals surface area contributed by atoms with E-state index < -0.39 is 36.9 Å². The molecule has 0 bridgehead atoms. The first kappa shape index (κ1) is 66.8. The summed E-state index contributed by atoms with van der Waals surface area (Å²) in [4.78, 5) is 12.6. The van der Waals surface area contributed by atoms with Crippen LogP contribution < -0.4 is 5.32 Å². The molecular formula is C62H121NO5. The predicted molar refractivity (Wildman–Crippen MR) is 298 cm³/mol. The fraction of sp³-hybridized carbons (Fsp3) is 0.919. The lowest BCUT2D eigenvalue weighted by atomic mass is 10.00. The SMILES string of the molecule is CCCCCCCCCCCCCC/C=C\CCCCCCCCC(O)C(=O)NC(CO)C(O)C(O)CCC/C=C/CCCCCCCCCCCCCCCCCCCCCCCCCCC. The van der Waals surface area contributed by atoms with Crippen molar-refractivity contribution in [2.75, 3.05) is 6.61 Å². The van der Waals surface area contributed by atoms with Crippen LogP contribution >= 0.6 is 0 Å². The second-order valence-corrected chi connectivity index (χ2v) is 21.4. The maximum absolute atomic E-state index is 12.6. The minimum absolute atomic E-state index is 0.358. The summed E-state index contributed by atoms with van der Waals surface area (Å²) in [6.45, 7) is 4.09. The quantitative estimate of drug-likeness (QED) is 0.0308. The van der Waals surface area contributed by atoms with E-state index in [1.54, 1.807) is 0 Å². The number of aliphatic hydroxyl groups is 4. The van der Waals surface area contributed by atoms with Crippen molar-refractivity contribution in [1.82, 2.24) is 5.32 Å². The molecule has 6 nitrogen and oxygen atoms in total. The summed E-state index contributed by atoms with van der Waals surface area (Å²) in [5, 5.41) is 44.0. The zero-order valence-corrected chi connectivity index (χ0v) is 45.9. The van der Waals surface area contributed by atoms with Crippen molar-refractivity contribution < 1.29 is 25.2 Å². The van der Waals surface area contributed by atoms with Gasteiger partial charge in [0.05, 0.1) is 18.8 Å². The lowest BCUT2D eigenvalue weighted by Gasteiger charge is -2.27. The van der Waals surface area contributed by atoms with Crippen LogP contribution in [0.4, 0.5) is 0 Å². The molecule has 0 aromatic rings. The Hall–Kier alpha value is -1.21. The highest BCUT2D eigenvalue weighted by atomic mass is 16.3. The molecule has 0 aliphatic rings. The molecular weight excluding hydrogens is 839 g/mol. The van der Waals surface area contributed by atoms with Crippen molar-refractivity contribution in [2.45, 2.75) is 359 Å². The molecule has 404 valence electrons. The van der Waals surface area contributed by atoms with Crippen molar-refractivity contribution >= 4 is 5.91 Å². The molecule has 0 aromatic carbocycles. The molecule has 0 rings (SSSR count). The fourth-order valence-corrected chi connectivity index (χ4v) is 9.82. The van der Waals surface area contributed by atoms with Crippen molar-refractivity contribution in [1.29, 1.82) is 0 Å². The van der Waals surface area contributed by atoms with E-state index in [0.717, 1.165) is 44.9 Å². The van der Waals surface area contributed by atoms with Gasteiger partial charge < -0.3 is 25.7 Å². The first-order chi connectivity index (χ1) is 33.5. The lowest BCUT2D eigenvalue weighted by molar-refractivity contribution is -0.132. The first-order valence-corrected chi connectivity index (χ1v) is 30.7. The number of carbonyl (C=O) groups is 1. The highest BCUT2D eigenvalue weighted by molar-refractivity contribution is 5.80. The number of allylic oxidation sites excluding steroid dienone is 4. The van der Waals surface area contributed by atoms with E-state index in [1.807, 2.05) is 0 Å². The van der Waals surface area contributed by atoms with Crippen molar-refractivity contribution in [3.8, 4) is 0 Å². The predicted octanol–water partition coefficient (Wildman–Crippen LogP) is 18.2. The summed E-state index contributed by atoms with van der Waals surface area (Å²) in [6.07, 6.45) is 69.9. The van der Waals surface area contributed by atoms with Gasteiger partial charge in [-0.15, -0.1) is 0 Å². The minimum Gasteiger partial charge on any atom is -0.394 e. The molecule has 0 fully saturated rings. The number of nitrogens with one attached hydrogen (secondary N) is 1. The number of unbranched alkanes of at least 4 members (excludes halogenated alkanes) is 44. The molecule has 0 aliphatic carbocycles. The van der Waals surface area contributed by atoms with Crippen LogP contribution in [0.15, 0.2) is 24.3 Å². The number of hydrogen-bond acceptors (Lipinski definition) is 5. The van der Waals surface area contributed by atoms with Gasteiger partial charge in [0.1, 0.15) is 12.2 Å². The Morgan fingerprint density at radius 3 is 0.882 bits per heavy atom. The zero-order chi connectivity index (χ0) is 49.5. The summed E-state index contributed by atoms with van der Waals surface area (Å²) in [6, 6.07) is -1.00. The van der Waals surface area contributed by atoms with E-state index >= 15 is 0 Å². The smallest absolute Gasteiger partial charge is 0.249 e. The van der Waals surface area contributed by atoms with Crippen LogP contribution in [0.1, 0.15) is 335 Å². The van der Waals surface area contributed by atoms with E-state index in [9.17, 15) is 25.2 Å². The highest BCUT2D eigenvalue weighted by Crippen LogP contribution is 2.18. The van der Waals surface area contributed by atoms with Gasteiger partial charge in [0.2, 0.25) is 5.91 Å².